The number of benzene rings is 3. The van der Waals surface area contributed by atoms with Gasteiger partial charge in [-0.3, -0.25) is 9.59 Å². The van der Waals surface area contributed by atoms with Crippen molar-refractivity contribution >= 4 is 17.2 Å². The van der Waals surface area contributed by atoms with Crippen LogP contribution in [0.1, 0.15) is 21.5 Å². The number of nitrogens with zero attached hydrogens (tertiary/aromatic N) is 2. The van der Waals surface area contributed by atoms with Crippen molar-refractivity contribution in [3.05, 3.63) is 99.4 Å². The number of aldehydes is 1. The molecule has 5 nitrogen and oxygen atoms in total. The summed E-state index contributed by atoms with van der Waals surface area (Å²) in [6, 6.07) is 7.54. The van der Waals surface area contributed by atoms with E-state index in [0.717, 1.165) is 30.6 Å². The molecule has 174 valence electrons. The molecular weight excluding hydrogens is 466 g/mol. The number of fused-ring (bicyclic) bond motifs is 1. The minimum absolute atomic E-state index is 0.125. The van der Waals surface area contributed by atoms with Crippen LogP contribution in [0, 0.1) is 17.5 Å². The van der Waals surface area contributed by atoms with Crippen LogP contribution in [-0.4, -0.2) is 15.8 Å². The zero-order valence-electron chi connectivity index (χ0n) is 16.9. The molecule has 11 heteroatoms. The molecule has 0 fully saturated rings. The fourth-order valence-corrected chi connectivity index (χ4v) is 3.38. The van der Waals surface area contributed by atoms with Gasteiger partial charge in [0.15, 0.2) is 6.29 Å². The summed E-state index contributed by atoms with van der Waals surface area (Å²) in [5, 5.41) is -0.125. The monoisotopic (exact) mass is 478 g/mol. The van der Waals surface area contributed by atoms with Crippen LogP contribution in [0.25, 0.3) is 10.9 Å². The molecule has 0 saturated heterocycles. The van der Waals surface area contributed by atoms with Gasteiger partial charge in [0, 0.05) is 17.7 Å². The first-order valence-corrected chi connectivity index (χ1v) is 9.54. The van der Waals surface area contributed by atoms with E-state index < -0.39 is 52.6 Å². The van der Waals surface area contributed by atoms with Crippen molar-refractivity contribution in [3.63, 3.8) is 0 Å². The molecule has 1 aromatic heterocycles. The molecular formula is C23H12F6N2O3. The standard InChI is InChI=1S/C23H12F6N2O3/c24-13-6-18(25)16(19(26)7-13)9-31-11-30-22(33)15-8-14(4-5-20(15)31)34-21-12(10-32)2-1-3-17(21)23(27,28)29/h1-8,10-11H,9H2. The Bertz CT molecular complexity index is 1460. The average molecular weight is 478 g/mol. The topological polar surface area (TPSA) is 61.2 Å². The fraction of sp³-hybridized carbons (Fsp3) is 0.0870. The number of ether oxygens (including phenoxy) is 1. The van der Waals surface area contributed by atoms with Crippen LogP contribution in [0.3, 0.4) is 0 Å². The lowest BCUT2D eigenvalue weighted by molar-refractivity contribution is -0.138. The highest BCUT2D eigenvalue weighted by Gasteiger charge is 2.35. The minimum atomic E-state index is -4.82. The molecule has 0 spiro atoms. The number of rotatable bonds is 5. The summed E-state index contributed by atoms with van der Waals surface area (Å²) in [4.78, 5) is 27.2. The highest BCUT2D eigenvalue weighted by atomic mass is 19.4. The average Bonchev–Trinajstić information content (AvgIpc) is 2.77. The number of hydrogen-bond acceptors (Lipinski definition) is 4. The third kappa shape index (κ3) is 4.36. The molecule has 4 rings (SSSR count). The summed E-state index contributed by atoms with van der Waals surface area (Å²) in [6.45, 7) is -0.450. The number of halogens is 6. The summed E-state index contributed by atoms with van der Waals surface area (Å²) < 4.78 is 88.1. The summed E-state index contributed by atoms with van der Waals surface area (Å²) in [6.07, 6.45) is -3.59. The SMILES string of the molecule is O=Cc1cccc(C(F)(F)F)c1Oc1ccc2c(c1)c(=O)ncn2Cc1c(F)cc(F)cc1F. The molecule has 4 aromatic rings. The molecule has 1 heterocycles. The Morgan fingerprint density at radius 1 is 1.00 bits per heavy atom. The molecule has 0 aliphatic carbocycles. The van der Waals surface area contributed by atoms with E-state index in [2.05, 4.69) is 4.98 Å². The van der Waals surface area contributed by atoms with Crippen LogP contribution in [-0.2, 0) is 12.7 Å². The van der Waals surface area contributed by atoms with Crippen LogP contribution in [0.4, 0.5) is 26.3 Å². The summed E-state index contributed by atoms with van der Waals surface area (Å²) >= 11 is 0. The van der Waals surface area contributed by atoms with E-state index in [1.54, 1.807) is 0 Å². The molecule has 3 aromatic carbocycles. The Morgan fingerprint density at radius 3 is 2.35 bits per heavy atom. The Balaban J connectivity index is 1.78. The molecule has 0 amide bonds. The summed E-state index contributed by atoms with van der Waals surface area (Å²) in [5.74, 6) is -4.34. The molecule has 0 aliphatic heterocycles. The summed E-state index contributed by atoms with van der Waals surface area (Å²) in [5.41, 5.74) is -2.68. The number of para-hydroxylation sites is 1. The van der Waals surface area contributed by atoms with Crippen LogP contribution in [0.5, 0.6) is 11.5 Å². The number of hydrogen-bond donors (Lipinski definition) is 0. The quantitative estimate of drug-likeness (QED) is 0.281. The maximum absolute atomic E-state index is 14.1. The molecule has 0 unspecified atom stereocenters. The van der Waals surface area contributed by atoms with Gasteiger partial charge in [-0.1, -0.05) is 6.07 Å². The van der Waals surface area contributed by atoms with Crippen LogP contribution in [0.2, 0.25) is 0 Å². The van der Waals surface area contributed by atoms with E-state index in [9.17, 15) is 35.9 Å². The number of alkyl halides is 3. The highest BCUT2D eigenvalue weighted by Crippen LogP contribution is 2.40. The lowest BCUT2D eigenvalue weighted by atomic mass is 10.1. The van der Waals surface area contributed by atoms with Crippen LogP contribution in [0.15, 0.2) is 59.7 Å². The molecule has 0 bridgehead atoms. The van der Waals surface area contributed by atoms with E-state index in [4.69, 9.17) is 4.74 Å². The van der Waals surface area contributed by atoms with Gasteiger partial charge in [0.2, 0.25) is 0 Å². The maximum Gasteiger partial charge on any atom is 0.420 e. The Kier molecular flexibility index (Phi) is 5.86. The predicted octanol–water partition coefficient (Wildman–Crippen LogP) is 5.49. The smallest absolute Gasteiger partial charge is 0.420 e. The van der Waals surface area contributed by atoms with Crippen molar-refractivity contribution in [1.82, 2.24) is 9.55 Å². The Morgan fingerprint density at radius 2 is 1.71 bits per heavy atom. The van der Waals surface area contributed by atoms with Crippen LogP contribution >= 0.6 is 0 Å². The van der Waals surface area contributed by atoms with Gasteiger partial charge in [-0.15, -0.1) is 0 Å². The Hall–Kier alpha value is -4.15. The highest BCUT2D eigenvalue weighted by molar-refractivity contribution is 5.82. The van der Waals surface area contributed by atoms with Crippen molar-refractivity contribution in [3.8, 4) is 11.5 Å². The van der Waals surface area contributed by atoms with Gasteiger partial charge in [-0.05, 0) is 30.3 Å². The van der Waals surface area contributed by atoms with Crippen molar-refractivity contribution < 1.29 is 35.9 Å². The van der Waals surface area contributed by atoms with Gasteiger partial charge in [-0.25, -0.2) is 13.2 Å². The van der Waals surface area contributed by atoms with Crippen molar-refractivity contribution in [2.75, 3.05) is 0 Å². The predicted molar refractivity (Wildman–Crippen MR) is 108 cm³/mol. The van der Waals surface area contributed by atoms with Gasteiger partial charge < -0.3 is 9.30 Å². The van der Waals surface area contributed by atoms with Crippen molar-refractivity contribution in [2.45, 2.75) is 12.7 Å². The molecule has 0 radical (unpaired) electrons. The van der Waals surface area contributed by atoms with Crippen LogP contribution < -0.4 is 10.3 Å². The number of carbonyl (C=O) groups excluding carboxylic acids is 1. The van der Waals surface area contributed by atoms with Crippen molar-refractivity contribution in [1.29, 1.82) is 0 Å². The van der Waals surface area contributed by atoms with Gasteiger partial charge in [0.05, 0.1) is 34.9 Å². The third-order valence-corrected chi connectivity index (χ3v) is 4.95. The van der Waals surface area contributed by atoms with E-state index in [1.165, 1.54) is 16.7 Å². The van der Waals surface area contributed by atoms with Gasteiger partial charge in [0.1, 0.15) is 29.0 Å². The summed E-state index contributed by atoms with van der Waals surface area (Å²) in [7, 11) is 0. The molecule has 0 N–H and O–H groups in total. The third-order valence-electron chi connectivity index (χ3n) is 4.95. The maximum atomic E-state index is 14.1. The number of carbonyl (C=O) groups is 1. The minimum Gasteiger partial charge on any atom is -0.456 e. The Labute approximate surface area is 186 Å². The molecule has 0 atom stereocenters. The van der Waals surface area contributed by atoms with E-state index in [1.807, 2.05) is 0 Å². The first-order chi connectivity index (χ1) is 16.1. The van der Waals surface area contributed by atoms with E-state index >= 15 is 0 Å². The zero-order chi connectivity index (χ0) is 24.6. The number of aromatic nitrogens is 2. The second-order valence-corrected chi connectivity index (χ2v) is 7.15. The fourth-order valence-electron chi connectivity index (χ4n) is 3.38. The van der Waals surface area contributed by atoms with E-state index in [-0.39, 0.29) is 28.5 Å². The molecule has 0 aliphatic rings. The van der Waals surface area contributed by atoms with E-state index in [0.29, 0.717) is 12.1 Å². The normalized spacial score (nSPS) is 11.6. The zero-order valence-corrected chi connectivity index (χ0v) is 16.9. The van der Waals surface area contributed by atoms with Gasteiger partial charge in [-0.2, -0.15) is 18.2 Å². The van der Waals surface area contributed by atoms with Gasteiger partial charge >= 0.3 is 6.18 Å². The first kappa shape index (κ1) is 23.0. The van der Waals surface area contributed by atoms with Crippen molar-refractivity contribution in [2.24, 2.45) is 0 Å². The van der Waals surface area contributed by atoms with Gasteiger partial charge in [0.25, 0.3) is 5.56 Å². The largest absolute Gasteiger partial charge is 0.456 e. The second-order valence-electron chi connectivity index (χ2n) is 7.15. The molecule has 0 saturated carbocycles. The molecule has 34 heavy (non-hydrogen) atoms. The lowest BCUT2D eigenvalue weighted by Crippen LogP contribution is -2.14. The first-order valence-electron chi connectivity index (χ1n) is 9.54. The lowest BCUT2D eigenvalue weighted by Gasteiger charge is -2.16. The second kappa shape index (κ2) is 8.65.